The highest BCUT2D eigenvalue weighted by Gasteiger charge is 2.40. The van der Waals surface area contributed by atoms with Gasteiger partial charge in [0.2, 0.25) is 5.91 Å². The standard InChI is InChI=1S/C14H17ClFNO3S/c1-8(7-21(2,19)20)14(18)17-13-6-10(13)9-3-4-11(15)12(16)5-9/h3-5,8,10,13H,6-7H2,1-2H3,(H,17,18)/t8?,10-,13+/m0/s1. The van der Waals surface area contributed by atoms with Gasteiger partial charge in [-0.2, -0.15) is 0 Å². The van der Waals surface area contributed by atoms with Crippen molar-refractivity contribution in [3.63, 3.8) is 0 Å². The predicted octanol–water partition coefficient (Wildman–Crippen LogP) is 2.13. The molecule has 0 bridgehead atoms. The van der Waals surface area contributed by atoms with Crippen LogP contribution in [0.5, 0.6) is 0 Å². The lowest BCUT2D eigenvalue weighted by molar-refractivity contribution is -0.124. The average Bonchev–Trinajstić information content (AvgIpc) is 3.09. The molecule has 7 heteroatoms. The van der Waals surface area contributed by atoms with Crippen molar-refractivity contribution in [2.24, 2.45) is 5.92 Å². The van der Waals surface area contributed by atoms with E-state index in [4.69, 9.17) is 11.6 Å². The van der Waals surface area contributed by atoms with E-state index in [2.05, 4.69) is 5.32 Å². The number of benzene rings is 1. The van der Waals surface area contributed by atoms with Crippen molar-refractivity contribution in [3.05, 3.63) is 34.6 Å². The molecule has 1 aromatic carbocycles. The summed E-state index contributed by atoms with van der Waals surface area (Å²) in [5.74, 6) is -1.47. The number of rotatable bonds is 5. The molecule has 1 saturated carbocycles. The molecule has 1 aliphatic carbocycles. The van der Waals surface area contributed by atoms with E-state index in [9.17, 15) is 17.6 Å². The number of hydrogen-bond donors (Lipinski definition) is 1. The molecule has 116 valence electrons. The first kappa shape index (κ1) is 16.2. The molecule has 0 spiro atoms. The molecule has 1 aromatic rings. The maximum absolute atomic E-state index is 13.4. The van der Waals surface area contributed by atoms with Gasteiger partial charge in [-0.3, -0.25) is 4.79 Å². The summed E-state index contributed by atoms with van der Waals surface area (Å²) in [6, 6.07) is 4.54. The van der Waals surface area contributed by atoms with Crippen molar-refractivity contribution in [1.82, 2.24) is 5.32 Å². The average molecular weight is 334 g/mol. The zero-order valence-electron chi connectivity index (χ0n) is 11.8. The van der Waals surface area contributed by atoms with Crippen molar-refractivity contribution in [3.8, 4) is 0 Å². The van der Waals surface area contributed by atoms with E-state index in [1.807, 2.05) is 0 Å². The van der Waals surface area contributed by atoms with E-state index < -0.39 is 21.6 Å². The SMILES string of the molecule is CC(CS(C)(=O)=O)C(=O)N[C@@H]1C[C@H]1c1ccc(Cl)c(F)c1. The highest BCUT2D eigenvalue weighted by atomic mass is 35.5. The van der Waals surface area contributed by atoms with Crippen LogP contribution in [-0.2, 0) is 14.6 Å². The van der Waals surface area contributed by atoms with E-state index in [1.165, 1.54) is 12.1 Å². The second kappa shape index (κ2) is 5.93. The number of amides is 1. The molecule has 0 heterocycles. The van der Waals surface area contributed by atoms with E-state index in [-0.39, 0.29) is 28.6 Å². The van der Waals surface area contributed by atoms with Gasteiger partial charge in [-0.05, 0) is 24.1 Å². The van der Waals surface area contributed by atoms with Crippen LogP contribution in [0.25, 0.3) is 0 Å². The van der Waals surface area contributed by atoms with Crippen LogP contribution in [0, 0.1) is 11.7 Å². The van der Waals surface area contributed by atoms with Gasteiger partial charge in [-0.1, -0.05) is 24.6 Å². The Morgan fingerprint density at radius 2 is 2.19 bits per heavy atom. The third kappa shape index (κ3) is 4.41. The molecule has 1 unspecified atom stereocenters. The summed E-state index contributed by atoms with van der Waals surface area (Å²) in [7, 11) is -3.18. The van der Waals surface area contributed by atoms with Crippen LogP contribution in [0.15, 0.2) is 18.2 Å². The Morgan fingerprint density at radius 3 is 2.76 bits per heavy atom. The van der Waals surface area contributed by atoms with Crippen molar-refractivity contribution in [2.75, 3.05) is 12.0 Å². The third-order valence-electron chi connectivity index (χ3n) is 3.49. The maximum Gasteiger partial charge on any atom is 0.224 e. The Labute approximate surface area is 128 Å². The number of carbonyl (C=O) groups excluding carboxylic acids is 1. The predicted molar refractivity (Wildman–Crippen MR) is 79.6 cm³/mol. The molecule has 1 N–H and O–H groups in total. The van der Waals surface area contributed by atoms with Crippen LogP contribution in [-0.4, -0.2) is 32.4 Å². The first-order valence-electron chi connectivity index (χ1n) is 6.60. The highest BCUT2D eigenvalue weighted by Crippen LogP contribution is 2.41. The Hall–Kier alpha value is -1.14. The summed E-state index contributed by atoms with van der Waals surface area (Å²) in [4.78, 5) is 11.9. The van der Waals surface area contributed by atoms with E-state index in [0.29, 0.717) is 0 Å². The summed E-state index contributed by atoms with van der Waals surface area (Å²) in [5, 5.41) is 2.87. The van der Waals surface area contributed by atoms with Gasteiger partial charge in [0.15, 0.2) is 0 Å². The highest BCUT2D eigenvalue weighted by molar-refractivity contribution is 7.90. The summed E-state index contributed by atoms with van der Waals surface area (Å²) < 4.78 is 35.7. The molecule has 21 heavy (non-hydrogen) atoms. The lowest BCUT2D eigenvalue weighted by Crippen LogP contribution is -2.34. The Kier molecular flexibility index (Phi) is 4.58. The smallest absolute Gasteiger partial charge is 0.224 e. The van der Waals surface area contributed by atoms with Gasteiger partial charge in [0.1, 0.15) is 15.7 Å². The fourth-order valence-electron chi connectivity index (χ4n) is 2.32. The lowest BCUT2D eigenvalue weighted by atomic mass is 10.1. The first-order valence-corrected chi connectivity index (χ1v) is 9.04. The number of hydrogen-bond acceptors (Lipinski definition) is 3. The lowest BCUT2D eigenvalue weighted by Gasteiger charge is -2.11. The zero-order chi connectivity index (χ0) is 15.8. The largest absolute Gasteiger partial charge is 0.352 e. The summed E-state index contributed by atoms with van der Waals surface area (Å²) in [5.41, 5.74) is 0.790. The van der Waals surface area contributed by atoms with Gasteiger partial charge in [0.25, 0.3) is 0 Å². The number of carbonyl (C=O) groups is 1. The maximum atomic E-state index is 13.4. The number of nitrogens with one attached hydrogen (secondary N) is 1. The summed E-state index contributed by atoms with van der Waals surface area (Å²) in [6.07, 6.45) is 1.83. The quantitative estimate of drug-likeness (QED) is 0.898. The summed E-state index contributed by atoms with van der Waals surface area (Å²) in [6.45, 7) is 1.58. The molecule has 0 saturated heterocycles. The molecule has 2 rings (SSSR count). The molecule has 0 aliphatic heterocycles. The van der Waals surface area contributed by atoms with Gasteiger partial charge < -0.3 is 5.32 Å². The van der Waals surface area contributed by atoms with Crippen LogP contribution >= 0.6 is 11.6 Å². The number of halogens is 2. The van der Waals surface area contributed by atoms with E-state index in [1.54, 1.807) is 13.0 Å². The third-order valence-corrected chi connectivity index (χ3v) is 4.90. The first-order chi connectivity index (χ1) is 9.67. The fourth-order valence-corrected chi connectivity index (χ4v) is 3.50. The number of sulfone groups is 1. The van der Waals surface area contributed by atoms with Gasteiger partial charge in [0, 0.05) is 24.1 Å². The van der Waals surface area contributed by atoms with Gasteiger partial charge in [0.05, 0.1) is 10.8 Å². The Bertz CT molecular complexity index is 662. The zero-order valence-corrected chi connectivity index (χ0v) is 13.3. The minimum atomic E-state index is -3.18. The van der Waals surface area contributed by atoms with Crippen LogP contribution in [0.3, 0.4) is 0 Å². The molecule has 1 amide bonds. The van der Waals surface area contributed by atoms with Crippen LogP contribution in [0.4, 0.5) is 4.39 Å². The van der Waals surface area contributed by atoms with Crippen LogP contribution in [0.1, 0.15) is 24.8 Å². The molecular formula is C14H17ClFNO3S. The van der Waals surface area contributed by atoms with Crippen molar-refractivity contribution in [2.45, 2.75) is 25.3 Å². The second-order valence-electron chi connectivity index (χ2n) is 5.62. The van der Waals surface area contributed by atoms with Gasteiger partial charge in [-0.25, -0.2) is 12.8 Å². The minimum absolute atomic E-state index is 0.0613. The van der Waals surface area contributed by atoms with Crippen molar-refractivity contribution < 1.29 is 17.6 Å². The molecular weight excluding hydrogens is 317 g/mol. The Morgan fingerprint density at radius 1 is 1.52 bits per heavy atom. The van der Waals surface area contributed by atoms with E-state index in [0.717, 1.165) is 18.2 Å². The van der Waals surface area contributed by atoms with Crippen molar-refractivity contribution in [1.29, 1.82) is 0 Å². The van der Waals surface area contributed by atoms with Crippen LogP contribution in [0.2, 0.25) is 5.02 Å². The Balaban J connectivity index is 1.92. The molecule has 3 atom stereocenters. The van der Waals surface area contributed by atoms with E-state index >= 15 is 0 Å². The minimum Gasteiger partial charge on any atom is -0.352 e. The molecule has 4 nitrogen and oxygen atoms in total. The van der Waals surface area contributed by atoms with Crippen molar-refractivity contribution >= 4 is 27.3 Å². The second-order valence-corrected chi connectivity index (χ2v) is 8.22. The van der Waals surface area contributed by atoms with Gasteiger partial charge in [-0.15, -0.1) is 0 Å². The van der Waals surface area contributed by atoms with Crippen LogP contribution < -0.4 is 5.32 Å². The monoisotopic (exact) mass is 333 g/mol. The molecule has 1 aliphatic rings. The molecule has 0 aromatic heterocycles. The topological polar surface area (TPSA) is 63.2 Å². The van der Waals surface area contributed by atoms with Gasteiger partial charge >= 0.3 is 0 Å². The molecule has 0 radical (unpaired) electrons. The molecule has 1 fully saturated rings. The fraction of sp³-hybridized carbons (Fsp3) is 0.500. The summed E-state index contributed by atoms with van der Waals surface area (Å²) >= 11 is 5.63. The normalized spacial score (nSPS) is 22.7.